The summed E-state index contributed by atoms with van der Waals surface area (Å²) in [6.45, 7) is 7.74. The van der Waals surface area contributed by atoms with Crippen molar-refractivity contribution in [2.75, 3.05) is 20.1 Å². The molecule has 0 saturated carbocycles. The molecular formula is C14H25BrN4. The van der Waals surface area contributed by atoms with Gasteiger partial charge in [0.2, 0.25) is 0 Å². The van der Waals surface area contributed by atoms with Crippen LogP contribution in [-0.4, -0.2) is 40.9 Å². The van der Waals surface area contributed by atoms with Gasteiger partial charge in [0.25, 0.3) is 0 Å². The lowest BCUT2D eigenvalue weighted by Crippen LogP contribution is -2.46. The lowest BCUT2D eigenvalue weighted by Gasteiger charge is -2.35. The third-order valence-corrected chi connectivity index (χ3v) is 5.06. The van der Waals surface area contributed by atoms with E-state index in [0.29, 0.717) is 12.0 Å². The van der Waals surface area contributed by atoms with Gasteiger partial charge in [0.05, 0.1) is 15.9 Å². The molecule has 19 heavy (non-hydrogen) atoms. The highest BCUT2D eigenvalue weighted by atomic mass is 79.9. The summed E-state index contributed by atoms with van der Waals surface area (Å²) in [7, 11) is 4.23. The van der Waals surface area contributed by atoms with Gasteiger partial charge >= 0.3 is 0 Å². The van der Waals surface area contributed by atoms with Crippen molar-refractivity contribution in [1.29, 1.82) is 0 Å². The molecule has 1 saturated heterocycles. The van der Waals surface area contributed by atoms with Crippen molar-refractivity contribution in [3.63, 3.8) is 0 Å². The summed E-state index contributed by atoms with van der Waals surface area (Å²) < 4.78 is 3.17. The van der Waals surface area contributed by atoms with Gasteiger partial charge in [0, 0.05) is 26.2 Å². The Bertz CT molecular complexity index is 429. The van der Waals surface area contributed by atoms with Gasteiger partial charge in [-0.15, -0.1) is 0 Å². The first-order chi connectivity index (χ1) is 9.02. The molecule has 0 aromatic carbocycles. The number of aromatic nitrogens is 2. The largest absolute Gasteiger partial charge is 0.308 e. The quantitative estimate of drug-likeness (QED) is 0.919. The first kappa shape index (κ1) is 15.0. The zero-order valence-corrected chi connectivity index (χ0v) is 14.0. The van der Waals surface area contributed by atoms with E-state index in [1.54, 1.807) is 0 Å². The van der Waals surface area contributed by atoms with Crippen molar-refractivity contribution in [1.82, 2.24) is 20.0 Å². The predicted molar refractivity (Wildman–Crippen MR) is 82.2 cm³/mol. The number of nitrogens with zero attached hydrogens (tertiary/aromatic N) is 3. The second kappa shape index (κ2) is 6.37. The zero-order chi connectivity index (χ0) is 14.0. The van der Waals surface area contributed by atoms with Crippen LogP contribution in [0.5, 0.6) is 0 Å². The van der Waals surface area contributed by atoms with Crippen molar-refractivity contribution in [2.24, 2.45) is 13.0 Å². The fourth-order valence-electron chi connectivity index (χ4n) is 2.90. The topological polar surface area (TPSA) is 33.1 Å². The molecule has 4 nitrogen and oxygen atoms in total. The van der Waals surface area contributed by atoms with Gasteiger partial charge in [-0.2, -0.15) is 5.10 Å². The average Bonchev–Trinajstić information content (AvgIpc) is 2.64. The minimum atomic E-state index is 0.614. The highest BCUT2D eigenvalue weighted by Crippen LogP contribution is 2.22. The van der Waals surface area contributed by atoms with Crippen LogP contribution in [0.15, 0.2) is 4.47 Å². The van der Waals surface area contributed by atoms with Crippen LogP contribution < -0.4 is 5.32 Å². The minimum absolute atomic E-state index is 0.614. The van der Waals surface area contributed by atoms with E-state index < -0.39 is 0 Å². The van der Waals surface area contributed by atoms with Crippen molar-refractivity contribution in [2.45, 2.75) is 39.3 Å². The molecular weight excluding hydrogens is 304 g/mol. The fourth-order valence-corrected chi connectivity index (χ4v) is 3.65. The molecule has 0 amide bonds. The normalized spacial score (nSPS) is 24.9. The molecule has 0 bridgehead atoms. The molecule has 2 atom stereocenters. The van der Waals surface area contributed by atoms with Crippen LogP contribution in [0.2, 0.25) is 0 Å². The third-order valence-electron chi connectivity index (χ3n) is 4.14. The Morgan fingerprint density at radius 1 is 1.42 bits per heavy atom. The number of hydrogen-bond acceptors (Lipinski definition) is 3. The zero-order valence-electron chi connectivity index (χ0n) is 12.4. The number of hydrogen-bond donors (Lipinski definition) is 1. The molecule has 108 valence electrons. The van der Waals surface area contributed by atoms with E-state index in [0.717, 1.165) is 18.7 Å². The van der Waals surface area contributed by atoms with Crippen LogP contribution in [0.3, 0.4) is 0 Å². The van der Waals surface area contributed by atoms with Gasteiger partial charge in [-0.05, 0) is 48.3 Å². The van der Waals surface area contributed by atoms with Gasteiger partial charge in [0.15, 0.2) is 0 Å². The van der Waals surface area contributed by atoms with E-state index in [1.165, 1.54) is 29.7 Å². The third kappa shape index (κ3) is 3.38. The molecule has 2 heterocycles. The van der Waals surface area contributed by atoms with Crippen LogP contribution in [0, 0.1) is 5.92 Å². The summed E-state index contributed by atoms with van der Waals surface area (Å²) in [5.41, 5.74) is 2.40. The molecule has 5 heteroatoms. The number of rotatable bonds is 4. The van der Waals surface area contributed by atoms with Gasteiger partial charge in [-0.1, -0.05) is 13.8 Å². The second-order valence-corrected chi connectivity index (χ2v) is 6.49. The molecule has 1 N–H and O–H groups in total. The lowest BCUT2D eigenvalue weighted by atomic mass is 9.94. The molecule has 0 spiro atoms. The maximum Gasteiger partial charge on any atom is 0.0767 e. The highest BCUT2D eigenvalue weighted by molar-refractivity contribution is 9.10. The predicted octanol–water partition coefficient (Wildman–Crippen LogP) is 2.17. The summed E-state index contributed by atoms with van der Waals surface area (Å²) in [5, 5.41) is 8.25. The smallest absolute Gasteiger partial charge is 0.0767 e. The molecule has 2 unspecified atom stereocenters. The second-order valence-electron chi connectivity index (χ2n) is 5.70. The Balaban J connectivity index is 1.97. The van der Waals surface area contributed by atoms with E-state index in [-0.39, 0.29) is 0 Å². The maximum absolute atomic E-state index is 4.55. The molecule has 0 aliphatic carbocycles. The molecule has 1 aliphatic heterocycles. The van der Waals surface area contributed by atoms with Crippen LogP contribution in [0.1, 0.15) is 31.7 Å². The van der Waals surface area contributed by atoms with Crippen molar-refractivity contribution < 1.29 is 0 Å². The monoisotopic (exact) mass is 328 g/mol. The molecule has 1 aliphatic rings. The minimum Gasteiger partial charge on any atom is -0.308 e. The molecule has 1 fully saturated rings. The highest BCUT2D eigenvalue weighted by Gasteiger charge is 2.24. The number of nitrogens with one attached hydrogen (secondary N) is 1. The standard InChI is InChI=1S/C14H25BrN4/c1-5-11-14(15)13(19(4)17-11)8-16-12-6-7-18(3)9-10(12)2/h10,12,16H,5-9H2,1-4H3. The first-order valence-electron chi connectivity index (χ1n) is 7.15. The van der Waals surface area contributed by atoms with Gasteiger partial charge in [0.1, 0.15) is 0 Å². The maximum atomic E-state index is 4.55. The number of aryl methyl sites for hydroxylation is 2. The van der Waals surface area contributed by atoms with Crippen LogP contribution >= 0.6 is 15.9 Å². The van der Waals surface area contributed by atoms with E-state index >= 15 is 0 Å². The SMILES string of the molecule is CCc1nn(C)c(CNC2CCN(C)CC2C)c1Br. The van der Waals surface area contributed by atoms with E-state index in [4.69, 9.17) is 0 Å². The lowest BCUT2D eigenvalue weighted by molar-refractivity contribution is 0.173. The Hall–Kier alpha value is -0.390. The Labute approximate surface area is 124 Å². The average molecular weight is 329 g/mol. The van der Waals surface area contributed by atoms with Crippen LogP contribution in [-0.2, 0) is 20.0 Å². The van der Waals surface area contributed by atoms with E-state index in [1.807, 2.05) is 11.7 Å². The van der Waals surface area contributed by atoms with Crippen molar-refractivity contribution in [3.8, 4) is 0 Å². The summed E-state index contributed by atoms with van der Waals surface area (Å²) in [4.78, 5) is 2.41. The van der Waals surface area contributed by atoms with Crippen LogP contribution in [0.25, 0.3) is 0 Å². The Morgan fingerprint density at radius 3 is 2.74 bits per heavy atom. The first-order valence-corrected chi connectivity index (χ1v) is 7.94. The summed E-state index contributed by atoms with van der Waals surface area (Å²) in [6.07, 6.45) is 2.20. The number of halogens is 1. The van der Waals surface area contributed by atoms with Crippen molar-refractivity contribution in [3.05, 3.63) is 15.9 Å². The Morgan fingerprint density at radius 2 is 2.16 bits per heavy atom. The summed E-state index contributed by atoms with van der Waals surface area (Å²) in [6, 6.07) is 0.614. The summed E-state index contributed by atoms with van der Waals surface area (Å²) in [5.74, 6) is 0.705. The van der Waals surface area contributed by atoms with Crippen LogP contribution in [0.4, 0.5) is 0 Å². The number of piperidine rings is 1. The van der Waals surface area contributed by atoms with Gasteiger partial charge in [-0.3, -0.25) is 4.68 Å². The van der Waals surface area contributed by atoms with Crippen molar-refractivity contribution >= 4 is 15.9 Å². The van der Waals surface area contributed by atoms with E-state index in [9.17, 15) is 0 Å². The molecule has 0 radical (unpaired) electrons. The molecule has 1 aromatic heterocycles. The molecule has 1 aromatic rings. The van der Waals surface area contributed by atoms with E-state index in [2.05, 4.69) is 52.1 Å². The summed E-state index contributed by atoms with van der Waals surface area (Å²) >= 11 is 3.68. The number of likely N-dealkylation sites (tertiary alicyclic amines) is 1. The fraction of sp³-hybridized carbons (Fsp3) is 0.786. The molecule has 2 rings (SSSR count). The van der Waals surface area contributed by atoms with Gasteiger partial charge < -0.3 is 10.2 Å². The Kier molecular flexibility index (Phi) is 5.03. The van der Waals surface area contributed by atoms with Gasteiger partial charge in [-0.25, -0.2) is 0 Å².